The molecule has 0 aromatic heterocycles. The molecule has 0 radical (unpaired) electrons. The number of likely N-dealkylation sites (tertiary alicyclic amines) is 1. The Morgan fingerprint density at radius 2 is 1.73 bits per heavy atom. The van der Waals surface area contributed by atoms with Crippen molar-refractivity contribution in [1.29, 1.82) is 0 Å². The van der Waals surface area contributed by atoms with Crippen LogP contribution in [-0.4, -0.2) is 49.1 Å². The second-order valence-corrected chi connectivity index (χ2v) is 7.33. The molecule has 6 nitrogen and oxygen atoms in total. The van der Waals surface area contributed by atoms with Gasteiger partial charge in [-0.15, -0.1) is 0 Å². The number of amides is 2. The minimum atomic E-state index is -0.654. The molecule has 0 atom stereocenters. The summed E-state index contributed by atoms with van der Waals surface area (Å²) in [5.41, 5.74) is -0.151. The van der Waals surface area contributed by atoms with Crippen LogP contribution in [0.25, 0.3) is 0 Å². The van der Waals surface area contributed by atoms with Crippen LogP contribution in [0, 0.1) is 5.82 Å². The Kier molecular flexibility index (Phi) is 7.52. The molecule has 0 bridgehead atoms. The molecule has 1 heterocycles. The molecular formula is C22H24ClFN2O4. The number of hydrogen-bond donors (Lipinski definition) is 1. The average Bonchev–Trinajstić information content (AvgIpc) is 2.73. The van der Waals surface area contributed by atoms with Gasteiger partial charge in [0.2, 0.25) is 0 Å². The third-order valence-corrected chi connectivity index (χ3v) is 5.18. The van der Waals surface area contributed by atoms with Gasteiger partial charge in [-0.2, -0.15) is 0 Å². The Bertz CT molecular complexity index is 863. The Hall–Kier alpha value is -2.80. The predicted molar refractivity (Wildman–Crippen MR) is 112 cm³/mol. The molecule has 2 aromatic carbocycles. The summed E-state index contributed by atoms with van der Waals surface area (Å²) in [7, 11) is 0. The highest BCUT2D eigenvalue weighted by Gasteiger charge is 2.26. The molecule has 8 heteroatoms. The summed E-state index contributed by atoms with van der Waals surface area (Å²) in [6.45, 7) is 3.41. The molecule has 1 aliphatic rings. The van der Waals surface area contributed by atoms with Crippen molar-refractivity contribution in [2.45, 2.75) is 25.8 Å². The topological polar surface area (TPSA) is 67.9 Å². The van der Waals surface area contributed by atoms with Crippen LogP contribution in [-0.2, 0) is 4.79 Å². The van der Waals surface area contributed by atoms with Crippen molar-refractivity contribution >= 4 is 23.4 Å². The molecule has 0 unspecified atom stereocenters. The van der Waals surface area contributed by atoms with Crippen molar-refractivity contribution in [1.82, 2.24) is 10.2 Å². The summed E-state index contributed by atoms with van der Waals surface area (Å²) in [5, 5.41) is 2.88. The first-order valence-electron chi connectivity index (χ1n) is 9.86. The first-order valence-corrected chi connectivity index (χ1v) is 10.2. The van der Waals surface area contributed by atoms with Crippen LogP contribution in [0.4, 0.5) is 4.39 Å². The van der Waals surface area contributed by atoms with Crippen LogP contribution in [0.2, 0.25) is 5.02 Å². The van der Waals surface area contributed by atoms with E-state index >= 15 is 0 Å². The lowest BCUT2D eigenvalue weighted by Crippen LogP contribution is -2.47. The van der Waals surface area contributed by atoms with E-state index in [-0.39, 0.29) is 29.1 Å². The van der Waals surface area contributed by atoms with Crippen LogP contribution < -0.4 is 14.8 Å². The number of halogens is 2. The van der Waals surface area contributed by atoms with E-state index in [9.17, 15) is 14.0 Å². The Labute approximate surface area is 179 Å². The van der Waals surface area contributed by atoms with Gasteiger partial charge in [0.1, 0.15) is 17.3 Å². The van der Waals surface area contributed by atoms with Gasteiger partial charge in [0.15, 0.2) is 6.61 Å². The maximum absolute atomic E-state index is 13.9. The molecule has 2 aromatic rings. The zero-order chi connectivity index (χ0) is 21.5. The molecule has 1 aliphatic heterocycles. The largest absolute Gasteiger partial charge is 0.494 e. The number of carbonyl (C=O) groups is 2. The van der Waals surface area contributed by atoms with E-state index in [0.717, 1.165) is 5.75 Å². The van der Waals surface area contributed by atoms with Gasteiger partial charge in [-0.05, 0) is 56.2 Å². The third kappa shape index (κ3) is 5.63. The molecule has 3 rings (SSSR count). The van der Waals surface area contributed by atoms with Gasteiger partial charge < -0.3 is 19.7 Å². The molecule has 1 N–H and O–H groups in total. The normalized spacial score (nSPS) is 14.3. The molecule has 2 amide bonds. The van der Waals surface area contributed by atoms with Gasteiger partial charge in [-0.1, -0.05) is 17.7 Å². The van der Waals surface area contributed by atoms with E-state index in [0.29, 0.717) is 38.3 Å². The monoisotopic (exact) mass is 434 g/mol. The van der Waals surface area contributed by atoms with Crippen molar-refractivity contribution in [3.63, 3.8) is 0 Å². The maximum Gasteiger partial charge on any atom is 0.260 e. The maximum atomic E-state index is 13.9. The number of nitrogens with one attached hydrogen (secondary N) is 1. The van der Waals surface area contributed by atoms with Gasteiger partial charge in [0.25, 0.3) is 11.8 Å². The number of ether oxygens (including phenoxy) is 2. The Morgan fingerprint density at radius 1 is 1.10 bits per heavy atom. The lowest BCUT2D eigenvalue weighted by Gasteiger charge is -2.32. The molecule has 30 heavy (non-hydrogen) atoms. The van der Waals surface area contributed by atoms with Gasteiger partial charge in [0.05, 0.1) is 17.2 Å². The minimum Gasteiger partial charge on any atom is -0.494 e. The van der Waals surface area contributed by atoms with Crippen LogP contribution >= 0.6 is 11.6 Å². The smallest absolute Gasteiger partial charge is 0.260 e. The summed E-state index contributed by atoms with van der Waals surface area (Å²) in [6, 6.07) is 11.1. The van der Waals surface area contributed by atoms with Crippen molar-refractivity contribution in [2.24, 2.45) is 0 Å². The summed E-state index contributed by atoms with van der Waals surface area (Å²) < 4.78 is 24.8. The van der Waals surface area contributed by atoms with Gasteiger partial charge >= 0.3 is 0 Å². The number of piperidine rings is 1. The highest BCUT2D eigenvalue weighted by atomic mass is 35.5. The molecule has 0 aliphatic carbocycles. The second kappa shape index (κ2) is 10.3. The molecule has 160 valence electrons. The van der Waals surface area contributed by atoms with E-state index in [1.54, 1.807) is 29.2 Å². The van der Waals surface area contributed by atoms with E-state index in [2.05, 4.69) is 5.32 Å². The summed E-state index contributed by atoms with van der Waals surface area (Å²) in [6.07, 6.45) is 1.15. The van der Waals surface area contributed by atoms with Crippen molar-refractivity contribution in [3.8, 4) is 11.5 Å². The van der Waals surface area contributed by atoms with Crippen molar-refractivity contribution in [3.05, 3.63) is 58.9 Å². The summed E-state index contributed by atoms with van der Waals surface area (Å²) in [5.74, 6) is 0.0271. The predicted octanol–water partition coefficient (Wildman–Crippen LogP) is 3.68. The Morgan fingerprint density at radius 3 is 2.33 bits per heavy atom. The van der Waals surface area contributed by atoms with Gasteiger partial charge in [-0.25, -0.2) is 4.39 Å². The number of benzene rings is 2. The lowest BCUT2D eigenvalue weighted by atomic mass is 10.0. The number of nitrogens with zero attached hydrogens (tertiary/aromatic N) is 1. The highest BCUT2D eigenvalue weighted by molar-refractivity contribution is 6.33. The fraction of sp³-hybridized carbons (Fsp3) is 0.364. The average molecular weight is 435 g/mol. The fourth-order valence-corrected chi connectivity index (χ4v) is 3.53. The second-order valence-electron chi connectivity index (χ2n) is 6.92. The van der Waals surface area contributed by atoms with Crippen LogP contribution in [0.1, 0.15) is 30.1 Å². The highest BCUT2D eigenvalue weighted by Crippen LogP contribution is 2.20. The molecule has 1 fully saturated rings. The summed E-state index contributed by atoms with van der Waals surface area (Å²) in [4.78, 5) is 26.5. The quantitative estimate of drug-likeness (QED) is 0.721. The third-order valence-electron chi connectivity index (χ3n) is 4.87. The standard InChI is InChI=1S/C22H24ClFN2O4/c1-2-29-16-6-8-17(9-7-16)30-14-20(27)26-12-10-15(11-13-26)25-22(28)21-18(23)4-3-5-19(21)24/h3-9,15H,2,10-14H2,1H3,(H,25,28). The Balaban J connectivity index is 1.44. The van der Waals surface area contributed by atoms with Crippen molar-refractivity contribution in [2.75, 3.05) is 26.3 Å². The zero-order valence-electron chi connectivity index (χ0n) is 16.7. The van der Waals surface area contributed by atoms with E-state index < -0.39 is 11.7 Å². The number of rotatable bonds is 7. The fourth-order valence-electron chi connectivity index (χ4n) is 3.28. The van der Waals surface area contributed by atoms with Crippen molar-refractivity contribution < 1.29 is 23.5 Å². The first kappa shape index (κ1) is 21.9. The molecule has 1 saturated heterocycles. The van der Waals surface area contributed by atoms with Crippen LogP contribution in [0.3, 0.4) is 0 Å². The molecule has 0 saturated carbocycles. The van der Waals surface area contributed by atoms with E-state index in [4.69, 9.17) is 21.1 Å². The minimum absolute atomic E-state index is 0.0597. The van der Waals surface area contributed by atoms with E-state index in [1.165, 1.54) is 18.2 Å². The van der Waals surface area contributed by atoms with Crippen LogP contribution in [0.15, 0.2) is 42.5 Å². The summed E-state index contributed by atoms with van der Waals surface area (Å²) >= 11 is 5.94. The zero-order valence-corrected chi connectivity index (χ0v) is 17.5. The number of carbonyl (C=O) groups excluding carboxylic acids is 2. The van der Waals surface area contributed by atoms with Crippen LogP contribution in [0.5, 0.6) is 11.5 Å². The molecule has 0 spiro atoms. The lowest BCUT2D eigenvalue weighted by molar-refractivity contribution is -0.134. The van der Waals surface area contributed by atoms with E-state index in [1.807, 2.05) is 6.92 Å². The number of hydrogen-bond acceptors (Lipinski definition) is 4. The van der Waals surface area contributed by atoms with Gasteiger partial charge in [0, 0.05) is 19.1 Å². The first-order chi connectivity index (χ1) is 14.5. The molecular weight excluding hydrogens is 411 g/mol. The SMILES string of the molecule is CCOc1ccc(OCC(=O)N2CCC(NC(=O)c3c(F)cccc3Cl)CC2)cc1. The van der Waals surface area contributed by atoms with Gasteiger partial charge in [-0.3, -0.25) is 9.59 Å².